The van der Waals surface area contributed by atoms with Gasteiger partial charge in [0.15, 0.2) is 5.69 Å². The smallest absolute Gasteiger partial charge is 0.356 e. The second kappa shape index (κ2) is 8.37. The van der Waals surface area contributed by atoms with Crippen molar-refractivity contribution in [2.45, 2.75) is 39.2 Å². The van der Waals surface area contributed by atoms with Crippen LogP contribution in [0.4, 0.5) is 11.6 Å². The maximum atomic E-state index is 13.2. The topological polar surface area (TPSA) is 100 Å². The second-order valence-electron chi connectivity index (χ2n) is 8.14. The number of benzene rings is 1. The number of hydrogen-bond acceptors (Lipinski definition) is 6. The van der Waals surface area contributed by atoms with Crippen molar-refractivity contribution in [3.63, 3.8) is 0 Å². The van der Waals surface area contributed by atoms with Gasteiger partial charge in [-0.05, 0) is 56.9 Å². The molecule has 0 amide bonds. The molecule has 31 heavy (non-hydrogen) atoms. The number of carbonyl (C=O) groups is 1. The zero-order valence-corrected chi connectivity index (χ0v) is 18.1. The molecule has 1 saturated heterocycles. The summed E-state index contributed by atoms with van der Waals surface area (Å²) in [4.78, 5) is 35.8. The van der Waals surface area contributed by atoms with Gasteiger partial charge in [-0.3, -0.25) is 9.36 Å². The van der Waals surface area contributed by atoms with Crippen LogP contribution >= 0.6 is 0 Å². The van der Waals surface area contributed by atoms with Crippen LogP contribution in [0.3, 0.4) is 0 Å². The van der Waals surface area contributed by atoms with E-state index in [1.54, 1.807) is 23.7 Å². The number of aryl methyl sites for hydroxylation is 1. The van der Waals surface area contributed by atoms with Crippen molar-refractivity contribution in [2.75, 3.05) is 23.3 Å². The van der Waals surface area contributed by atoms with E-state index in [9.17, 15) is 14.7 Å². The van der Waals surface area contributed by atoms with Crippen molar-refractivity contribution >= 4 is 28.5 Å². The fraction of sp³-hybridized carbons (Fsp3) is 0.391. The summed E-state index contributed by atoms with van der Waals surface area (Å²) >= 11 is 0. The number of carboxylic acid groups (broad SMARTS) is 1. The lowest BCUT2D eigenvalue weighted by atomic mass is 10.0. The Balaban J connectivity index is 1.83. The fourth-order valence-electron chi connectivity index (χ4n) is 4.25. The SMILES string of the molecule is Cc1cc([C@@H](C)Nc2cccnc2C(=O)O)c2nc(N3CCCCC3)n(C)c(=O)c2c1. The molecular weight excluding hydrogens is 394 g/mol. The fourth-order valence-corrected chi connectivity index (χ4v) is 4.25. The van der Waals surface area contributed by atoms with E-state index < -0.39 is 5.97 Å². The Labute approximate surface area is 180 Å². The number of piperidine rings is 1. The van der Waals surface area contributed by atoms with Crippen LogP contribution in [0.2, 0.25) is 0 Å². The number of nitrogens with zero attached hydrogens (tertiary/aromatic N) is 4. The van der Waals surface area contributed by atoms with Crippen LogP contribution in [0, 0.1) is 6.92 Å². The first kappa shape index (κ1) is 20.8. The second-order valence-corrected chi connectivity index (χ2v) is 8.14. The van der Waals surface area contributed by atoms with E-state index in [1.165, 1.54) is 12.6 Å². The van der Waals surface area contributed by atoms with Crippen molar-refractivity contribution < 1.29 is 9.90 Å². The van der Waals surface area contributed by atoms with Gasteiger partial charge in [0.1, 0.15) is 0 Å². The quantitative estimate of drug-likeness (QED) is 0.650. The third kappa shape index (κ3) is 3.97. The number of aromatic nitrogens is 3. The summed E-state index contributed by atoms with van der Waals surface area (Å²) in [5.74, 6) is -0.411. The van der Waals surface area contributed by atoms with E-state index in [1.807, 2.05) is 26.0 Å². The zero-order chi connectivity index (χ0) is 22.1. The summed E-state index contributed by atoms with van der Waals surface area (Å²) in [5, 5.41) is 13.3. The molecule has 0 bridgehead atoms. The van der Waals surface area contributed by atoms with Gasteiger partial charge in [0.05, 0.1) is 22.6 Å². The zero-order valence-electron chi connectivity index (χ0n) is 18.1. The molecular formula is C23H27N5O3. The molecule has 1 aliphatic rings. The number of nitrogens with one attached hydrogen (secondary N) is 1. The Morgan fingerprint density at radius 1 is 1.23 bits per heavy atom. The molecule has 162 valence electrons. The minimum absolute atomic E-state index is 0.0378. The number of aromatic carboxylic acids is 1. The molecule has 1 atom stereocenters. The molecule has 0 saturated carbocycles. The van der Waals surface area contributed by atoms with E-state index in [-0.39, 0.29) is 17.3 Å². The normalized spacial score (nSPS) is 15.1. The average molecular weight is 422 g/mol. The largest absolute Gasteiger partial charge is 0.476 e. The van der Waals surface area contributed by atoms with E-state index in [4.69, 9.17) is 4.98 Å². The number of rotatable bonds is 5. The molecule has 1 fully saturated rings. The molecule has 0 radical (unpaired) electrons. The minimum atomic E-state index is -1.09. The highest BCUT2D eigenvalue weighted by Crippen LogP contribution is 2.29. The van der Waals surface area contributed by atoms with Gasteiger partial charge in [-0.15, -0.1) is 0 Å². The van der Waals surface area contributed by atoms with Crippen molar-refractivity contribution in [3.05, 3.63) is 57.6 Å². The van der Waals surface area contributed by atoms with Gasteiger partial charge < -0.3 is 15.3 Å². The highest BCUT2D eigenvalue weighted by atomic mass is 16.4. The van der Waals surface area contributed by atoms with Gasteiger partial charge in [-0.25, -0.2) is 14.8 Å². The molecule has 0 aliphatic carbocycles. The Hall–Kier alpha value is -3.42. The highest BCUT2D eigenvalue weighted by molar-refractivity contribution is 5.92. The Morgan fingerprint density at radius 3 is 2.68 bits per heavy atom. The van der Waals surface area contributed by atoms with E-state index >= 15 is 0 Å². The maximum absolute atomic E-state index is 13.2. The third-order valence-corrected chi connectivity index (χ3v) is 5.82. The van der Waals surface area contributed by atoms with E-state index in [2.05, 4.69) is 15.2 Å². The van der Waals surface area contributed by atoms with E-state index in [0.29, 0.717) is 22.5 Å². The first-order valence-corrected chi connectivity index (χ1v) is 10.6. The molecule has 8 nitrogen and oxygen atoms in total. The summed E-state index contributed by atoms with van der Waals surface area (Å²) < 4.78 is 1.64. The van der Waals surface area contributed by atoms with Crippen LogP contribution in [-0.4, -0.2) is 38.7 Å². The predicted molar refractivity (Wildman–Crippen MR) is 121 cm³/mol. The standard InChI is InChI=1S/C23H27N5O3/c1-14-12-16(15(2)25-18-8-7-9-24-20(18)22(30)31)19-17(13-14)21(29)27(3)23(26-19)28-10-5-4-6-11-28/h7-9,12-13,15,25H,4-6,10-11H2,1-3H3,(H,30,31)/t15-/m1/s1. The molecule has 1 aliphatic heterocycles. The van der Waals surface area contributed by atoms with Gasteiger partial charge >= 0.3 is 5.97 Å². The van der Waals surface area contributed by atoms with Gasteiger partial charge in [-0.1, -0.05) is 6.07 Å². The monoisotopic (exact) mass is 421 g/mol. The molecule has 2 N–H and O–H groups in total. The number of fused-ring (bicyclic) bond motifs is 1. The molecule has 4 rings (SSSR count). The maximum Gasteiger partial charge on any atom is 0.356 e. The molecule has 1 aromatic carbocycles. The number of hydrogen-bond donors (Lipinski definition) is 2. The number of carboxylic acids is 1. The Morgan fingerprint density at radius 2 is 1.97 bits per heavy atom. The lowest BCUT2D eigenvalue weighted by Crippen LogP contribution is -2.35. The first-order valence-electron chi connectivity index (χ1n) is 10.6. The first-order chi connectivity index (χ1) is 14.9. The van der Waals surface area contributed by atoms with Crippen LogP contribution < -0.4 is 15.8 Å². The van der Waals surface area contributed by atoms with Crippen LogP contribution in [-0.2, 0) is 7.05 Å². The van der Waals surface area contributed by atoms with Crippen molar-refractivity contribution in [2.24, 2.45) is 7.05 Å². The lowest BCUT2D eigenvalue weighted by molar-refractivity contribution is 0.0691. The average Bonchev–Trinajstić information content (AvgIpc) is 2.77. The van der Waals surface area contributed by atoms with Crippen molar-refractivity contribution in [1.29, 1.82) is 0 Å². The van der Waals surface area contributed by atoms with Gasteiger partial charge in [0, 0.05) is 31.9 Å². The highest BCUT2D eigenvalue weighted by Gasteiger charge is 2.21. The Kier molecular flexibility index (Phi) is 5.63. The summed E-state index contributed by atoms with van der Waals surface area (Å²) in [6.07, 6.45) is 4.83. The van der Waals surface area contributed by atoms with Gasteiger partial charge in [0.25, 0.3) is 5.56 Å². The number of pyridine rings is 1. The Bertz CT molecular complexity index is 1200. The van der Waals surface area contributed by atoms with Crippen LogP contribution in [0.5, 0.6) is 0 Å². The number of anilines is 2. The minimum Gasteiger partial charge on any atom is -0.476 e. The van der Waals surface area contributed by atoms with Crippen LogP contribution in [0.25, 0.3) is 10.9 Å². The molecule has 3 aromatic rings. The third-order valence-electron chi connectivity index (χ3n) is 5.82. The van der Waals surface area contributed by atoms with Gasteiger partial charge in [0.2, 0.25) is 5.95 Å². The molecule has 0 spiro atoms. The van der Waals surface area contributed by atoms with Gasteiger partial charge in [-0.2, -0.15) is 0 Å². The lowest BCUT2D eigenvalue weighted by Gasteiger charge is -2.29. The summed E-state index contributed by atoms with van der Waals surface area (Å²) in [6.45, 7) is 5.66. The summed E-state index contributed by atoms with van der Waals surface area (Å²) in [7, 11) is 1.77. The predicted octanol–water partition coefficient (Wildman–Crippen LogP) is 3.50. The van der Waals surface area contributed by atoms with Crippen LogP contribution in [0.1, 0.15) is 53.8 Å². The summed E-state index contributed by atoms with van der Waals surface area (Å²) in [5.41, 5.74) is 2.77. The molecule has 3 heterocycles. The van der Waals surface area contributed by atoms with Crippen LogP contribution in [0.15, 0.2) is 35.3 Å². The van der Waals surface area contributed by atoms with E-state index in [0.717, 1.165) is 37.1 Å². The van der Waals surface area contributed by atoms with Crippen molar-refractivity contribution in [1.82, 2.24) is 14.5 Å². The molecule has 8 heteroatoms. The molecule has 0 unspecified atom stereocenters. The van der Waals surface area contributed by atoms with Crippen molar-refractivity contribution in [3.8, 4) is 0 Å². The molecule has 2 aromatic heterocycles. The summed E-state index contributed by atoms with van der Waals surface area (Å²) in [6, 6.07) is 6.98.